The van der Waals surface area contributed by atoms with Crippen molar-refractivity contribution in [1.82, 2.24) is 0 Å². The average Bonchev–Trinajstić information content (AvgIpc) is 3.22. The highest BCUT2D eigenvalue weighted by Gasteiger charge is 2.61. The lowest BCUT2D eigenvalue weighted by atomic mass is 9.40. The van der Waals surface area contributed by atoms with E-state index in [0.717, 1.165) is 35.5 Å². The van der Waals surface area contributed by atoms with Gasteiger partial charge in [-0.1, -0.05) is 127 Å². The minimum Gasteiger partial charge on any atom is -0.0958 e. The molecule has 0 spiro atoms. The molecule has 8 unspecified atom stereocenters. The maximum absolute atomic E-state index is 4.35. The molecule has 0 heteroatoms. The fraction of sp³-hybridized carbons (Fsp3) is 0.879. The fourth-order valence-corrected chi connectivity index (χ4v) is 7.99. The van der Waals surface area contributed by atoms with E-state index in [9.17, 15) is 0 Å². The highest BCUT2D eigenvalue weighted by atomic mass is 14.7. The van der Waals surface area contributed by atoms with Crippen LogP contribution in [0.3, 0.4) is 0 Å². The molecule has 33 heavy (non-hydrogen) atoms. The first-order valence-electron chi connectivity index (χ1n) is 14.6. The summed E-state index contributed by atoms with van der Waals surface area (Å²) in [4.78, 5) is 0. The van der Waals surface area contributed by atoms with E-state index in [1.54, 1.807) is 5.57 Å². The van der Waals surface area contributed by atoms with Crippen LogP contribution in [0.1, 0.15) is 141 Å². The third-order valence-electron chi connectivity index (χ3n) is 10.2. The first-order valence-corrected chi connectivity index (χ1v) is 14.6. The highest BCUT2D eigenvalue weighted by molar-refractivity contribution is 5.38. The molecule has 4 rings (SSSR count). The van der Waals surface area contributed by atoms with Crippen molar-refractivity contribution in [2.24, 2.45) is 46.3 Å². The van der Waals surface area contributed by atoms with E-state index in [1.165, 1.54) is 63.4 Å². The second-order valence-electron chi connectivity index (χ2n) is 11.3. The predicted octanol–water partition coefficient (Wildman–Crippen LogP) is 11.5. The molecule has 4 aliphatic rings. The van der Waals surface area contributed by atoms with Crippen molar-refractivity contribution < 1.29 is 0 Å². The summed E-state index contributed by atoms with van der Waals surface area (Å²) in [5, 5.41) is 0. The second-order valence-corrected chi connectivity index (χ2v) is 11.3. The topological polar surface area (TPSA) is 0 Å². The van der Waals surface area contributed by atoms with E-state index >= 15 is 0 Å². The molecule has 0 saturated heterocycles. The van der Waals surface area contributed by atoms with Crippen molar-refractivity contribution in [2.45, 2.75) is 141 Å². The summed E-state index contributed by atoms with van der Waals surface area (Å²) < 4.78 is 0. The lowest BCUT2D eigenvalue weighted by Crippen LogP contribution is -2.56. The summed E-state index contributed by atoms with van der Waals surface area (Å²) >= 11 is 0. The van der Waals surface area contributed by atoms with E-state index in [-0.39, 0.29) is 7.43 Å². The van der Waals surface area contributed by atoms with Crippen LogP contribution in [0, 0.1) is 46.3 Å². The van der Waals surface area contributed by atoms with Gasteiger partial charge in [-0.3, -0.25) is 0 Å². The molecule has 0 heterocycles. The summed E-state index contributed by atoms with van der Waals surface area (Å²) in [6, 6.07) is 0. The zero-order chi connectivity index (χ0) is 24.7. The number of fused-ring (bicyclic) bond motifs is 5. The summed E-state index contributed by atoms with van der Waals surface area (Å²) in [6.07, 6.45) is 15.0. The van der Waals surface area contributed by atoms with Crippen LogP contribution in [0.15, 0.2) is 23.8 Å². The zero-order valence-corrected chi connectivity index (χ0v) is 24.1. The van der Waals surface area contributed by atoms with Crippen LogP contribution in [-0.4, -0.2) is 0 Å². The maximum atomic E-state index is 4.35. The van der Waals surface area contributed by atoms with Crippen LogP contribution in [0.25, 0.3) is 0 Å². The number of unbranched alkanes of at least 4 members (excludes halogenated alkanes) is 1. The van der Waals surface area contributed by atoms with Gasteiger partial charge in [0.1, 0.15) is 0 Å². The van der Waals surface area contributed by atoms with Gasteiger partial charge in [0.15, 0.2) is 0 Å². The van der Waals surface area contributed by atoms with Crippen molar-refractivity contribution in [3.05, 3.63) is 23.8 Å². The van der Waals surface area contributed by atoms with Gasteiger partial charge in [0.25, 0.3) is 0 Å². The number of hydrogen-bond donors (Lipinski definition) is 0. The molecule has 0 nitrogen and oxygen atoms in total. The fourth-order valence-electron chi connectivity index (χ4n) is 7.99. The standard InChI is InChI=1S/C24H38.C4H10.2C2H6.CH4/c1-7-23(5)17(4)22-19-9-8-16(3)18(19)10-11-20(22)24(6)13-12-15(2)14-21(23)24;1-3-4-2;2*1-2;/h14,16-20,22H,2,7-13H2,1,3-6H3;3-4H2,1-2H3;2*1-2H3;1H4. The van der Waals surface area contributed by atoms with Gasteiger partial charge in [-0.15, -0.1) is 0 Å². The van der Waals surface area contributed by atoms with Gasteiger partial charge in [-0.2, -0.15) is 0 Å². The Hall–Kier alpha value is -0.520. The number of allylic oxidation sites excluding steroid dienone is 3. The SMILES string of the molecule is C.C=C1C=C2C(C)(CC)C(C)C3C4CCC(C)C4CCC3C2(C)CC1.CC.CC.CCCC. The minimum absolute atomic E-state index is 0. The molecule has 3 fully saturated rings. The van der Waals surface area contributed by atoms with Crippen LogP contribution in [0.4, 0.5) is 0 Å². The van der Waals surface area contributed by atoms with E-state index in [0.29, 0.717) is 10.8 Å². The van der Waals surface area contributed by atoms with Crippen LogP contribution in [-0.2, 0) is 0 Å². The van der Waals surface area contributed by atoms with Crippen LogP contribution in [0.5, 0.6) is 0 Å². The largest absolute Gasteiger partial charge is 0.0958 e. The van der Waals surface area contributed by atoms with Crippen LogP contribution < -0.4 is 0 Å². The summed E-state index contributed by atoms with van der Waals surface area (Å²) in [6.45, 7) is 29.5. The Kier molecular flexibility index (Phi) is 13.9. The first-order chi connectivity index (χ1) is 15.2. The normalized spacial score (nSPS) is 40.5. The van der Waals surface area contributed by atoms with Crippen molar-refractivity contribution in [1.29, 1.82) is 0 Å². The molecule has 196 valence electrons. The van der Waals surface area contributed by atoms with Gasteiger partial charge >= 0.3 is 0 Å². The lowest BCUT2D eigenvalue weighted by molar-refractivity contribution is -0.0845. The van der Waals surface area contributed by atoms with Crippen LogP contribution in [0.2, 0.25) is 0 Å². The number of hydrogen-bond acceptors (Lipinski definition) is 0. The lowest BCUT2D eigenvalue weighted by Gasteiger charge is -2.64. The van der Waals surface area contributed by atoms with Crippen molar-refractivity contribution in [3.8, 4) is 0 Å². The quantitative estimate of drug-likeness (QED) is 0.384. The molecule has 0 N–H and O–H groups in total. The molecule has 0 bridgehead atoms. The molecule has 0 aromatic rings. The first kappa shape index (κ1) is 32.5. The van der Waals surface area contributed by atoms with Gasteiger partial charge in [-0.05, 0) is 84.9 Å². The Balaban J connectivity index is 0.00000101. The van der Waals surface area contributed by atoms with Gasteiger partial charge in [-0.25, -0.2) is 0 Å². The Morgan fingerprint density at radius 1 is 0.879 bits per heavy atom. The molecular weight excluding hydrogens is 396 g/mol. The molecular formula is C33H64. The molecule has 0 amide bonds. The van der Waals surface area contributed by atoms with E-state index in [4.69, 9.17) is 0 Å². The van der Waals surface area contributed by atoms with Crippen molar-refractivity contribution in [3.63, 3.8) is 0 Å². The van der Waals surface area contributed by atoms with E-state index in [2.05, 4.69) is 61.1 Å². The Morgan fingerprint density at radius 3 is 1.94 bits per heavy atom. The van der Waals surface area contributed by atoms with Gasteiger partial charge in [0.2, 0.25) is 0 Å². The molecule has 0 aromatic carbocycles. The highest BCUT2D eigenvalue weighted by Crippen LogP contribution is 2.69. The monoisotopic (exact) mass is 461 g/mol. The zero-order valence-electron chi connectivity index (χ0n) is 24.1. The predicted molar refractivity (Wildman–Crippen MR) is 154 cm³/mol. The maximum Gasteiger partial charge on any atom is -0.00734 e. The molecule has 8 atom stereocenters. The van der Waals surface area contributed by atoms with Crippen molar-refractivity contribution >= 4 is 0 Å². The molecule has 0 aromatic heterocycles. The molecule has 0 aliphatic heterocycles. The third-order valence-corrected chi connectivity index (χ3v) is 10.2. The van der Waals surface area contributed by atoms with Gasteiger partial charge < -0.3 is 0 Å². The summed E-state index contributed by atoms with van der Waals surface area (Å²) in [5.74, 6) is 5.75. The summed E-state index contributed by atoms with van der Waals surface area (Å²) in [5.41, 5.74) is 4.00. The number of rotatable bonds is 2. The minimum atomic E-state index is 0. The third kappa shape index (κ3) is 6.01. The smallest absolute Gasteiger partial charge is 0.00734 e. The molecule has 4 aliphatic carbocycles. The van der Waals surface area contributed by atoms with Gasteiger partial charge in [0.05, 0.1) is 0 Å². The second kappa shape index (κ2) is 14.1. The molecule has 0 radical (unpaired) electrons. The Bertz CT molecular complexity index is 595. The van der Waals surface area contributed by atoms with Crippen LogP contribution >= 0.6 is 0 Å². The van der Waals surface area contributed by atoms with E-state index in [1.807, 2.05) is 27.7 Å². The Morgan fingerprint density at radius 2 is 1.42 bits per heavy atom. The molecule has 3 saturated carbocycles. The summed E-state index contributed by atoms with van der Waals surface area (Å²) in [7, 11) is 0. The average molecular weight is 461 g/mol. The van der Waals surface area contributed by atoms with E-state index < -0.39 is 0 Å². The van der Waals surface area contributed by atoms with Crippen molar-refractivity contribution in [2.75, 3.05) is 0 Å². The Labute approximate surface area is 211 Å². The van der Waals surface area contributed by atoms with Gasteiger partial charge in [0, 0.05) is 0 Å².